The summed E-state index contributed by atoms with van der Waals surface area (Å²) in [5, 5.41) is 4.15. The zero-order chi connectivity index (χ0) is 23.5. The van der Waals surface area contributed by atoms with Crippen LogP contribution in [-0.4, -0.2) is 54.5 Å². The van der Waals surface area contributed by atoms with Crippen molar-refractivity contribution in [3.8, 4) is 11.3 Å². The highest BCUT2D eigenvalue weighted by atomic mass is 35.5. The topological polar surface area (TPSA) is 74.8 Å². The van der Waals surface area contributed by atoms with Crippen LogP contribution in [0.15, 0.2) is 54.6 Å². The van der Waals surface area contributed by atoms with Crippen LogP contribution in [0.1, 0.15) is 11.3 Å². The van der Waals surface area contributed by atoms with Crippen molar-refractivity contribution in [1.29, 1.82) is 0 Å². The first kappa shape index (κ1) is 23.0. The van der Waals surface area contributed by atoms with Gasteiger partial charge in [0.15, 0.2) is 5.13 Å². The molecule has 1 unspecified atom stereocenters. The SMILES string of the molecule is O=C(Nc1nc(-c2ccccc2)c(CN2CCOCC2)s1)C1CC(=O)N(c2ccc(Cl)cc2)C1. The van der Waals surface area contributed by atoms with Gasteiger partial charge < -0.3 is 15.0 Å². The second kappa shape index (κ2) is 10.2. The third kappa shape index (κ3) is 5.15. The van der Waals surface area contributed by atoms with Crippen molar-refractivity contribution < 1.29 is 14.3 Å². The predicted molar refractivity (Wildman–Crippen MR) is 134 cm³/mol. The number of thiazole rings is 1. The molecule has 2 saturated heterocycles. The van der Waals surface area contributed by atoms with Gasteiger partial charge in [-0.15, -0.1) is 0 Å². The Balaban J connectivity index is 1.32. The van der Waals surface area contributed by atoms with Crippen molar-refractivity contribution in [3.63, 3.8) is 0 Å². The second-order valence-electron chi connectivity index (χ2n) is 8.42. The van der Waals surface area contributed by atoms with Gasteiger partial charge in [0.05, 0.1) is 24.8 Å². The first-order valence-electron chi connectivity index (χ1n) is 11.3. The van der Waals surface area contributed by atoms with E-state index < -0.39 is 5.92 Å². The van der Waals surface area contributed by atoms with Crippen LogP contribution < -0.4 is 10.2 Å². The molecule has 9 heteroatoms. The lowest BCUT2D eigenvalue weighted by Gasteiger charge is -2.26. The Morgan fingerprint density at radius 3 is 2.59 bits per heavy atom. The van der Waals surface area contributed by atoms with Crippen LogP contribution in [-0.2, 0) is 20.9 Å². The fourth-order valence-electron chi connectivity index (χ4n) is 4.26. The molecule has 0 aliphatic carbocycles. The summed E-state index contributed by atoms with van der Waals surface area (Å²) in [6, 6.07) is 17.1. The third-order valence-electron chi connectivity index (χ3n) is 6.08. The molecule has 0 radical (unpaired) electrons. The zero-order valence-corrected chi connectivity index (χ0v) is 20.1. The standard InChI is InChI=1S/C25H25ClN4O3S/c26-19-6-8-20(9-7-19)30-15-18(14-22(30)31)24(32)28-25-27-23(17-4-2-1-3-5-17)21(34-25)16-29-10-12-33-13-11-29/h1-9,18H,10-16H2,(H,27,28,32). The molecular formula is C25H25ClN4O3S. The lowest BCUT2D eigenvalue weighted by molar-refractivity contribution is -0.122. The number of amides is 2. The molecule has 7 nitrogen and oxygen atoms in total. The number of halogens is 1. The Hall–Kier alpha value is -2.78. The fourth-order valence-corrected chi connectivity index (χ4v) is 5.41. The van der Waals surface area contributed by atoms with Crippen molar-refractivity contribution in [2.45, 2.75) is 13.0 Å². The van der Waals surface area contributed by atoms with Crippen LogP contribution >= 0.6 is 22.9 Å². The highest BCUT2D eigenvalue weighted by molar-refractivity contribution is 7.16. The molecule has 2 amide bonds. The number of morpholine rings is 1. The Morgan fingerprint density at radius 1 is 1.12 bits per heavy atom. The van der Waals surface area contributed by atoms with Crippen molar-refractivity contribution in [1.82, 2.24) is 9.88 Å². The number of benzene rings is 2. The molecule has 2 aromatic carbocycles. The maximum Gasteiger partial charge on any atom is 0.231 e. The smallest absolute Gasteiger partial charge is 0.231 e. The van der Waals surface area contributed by atoms with E-state index in [0.29, 0.717) is 16.7 Å². The summed E-state index contributed by atoms with van der Waals surface area (Å²) in [6.45, 7) is 4.29. The van der Waals surface area contributed by atoms with E-state index >= 15 is 0 Å². The van der Waals surface area contributed by atoms with Gasteiger partial charge in [-0.25, -0.2) is 4.98 Å². The Labute approximate surface area is 207 Å². The van der Waals surface area contributed by atoms with Gasteiger partial charge in [0, 0.05) is 53.8 Å². The highest BCUT2D eigenvalue weighted by Crippen LogP contribution is 2.33. The van der Waals surface area contributed by atoms with E-state index in [1.165, 1.54) is 11.3 Å². The van der Waals surface area contributed by atoms with Crippen molar-refractivity contribution in [2.24, 2.45) is 5.92 Å². The number of rotatable bonds is 6. The minimum Gasteiger partial charge on any atom is -0.379 e. The molecule has 1 atom stereocenters. The van der Waals surface area contributed by atoms with Gasteiger partial charge in [0.25, 0.3) is 0 Å². The van der Waals surface area contributed by atoms with Crippen LogP contribution in [0, 0.1) is 5.92 Å². The number of aromatic nitrogens is 1. The Bertz CT molecular complexity index is 1160. The van der Waals surface area contributed by atoms with Crippen LogP contribution in [0.3, 0.4) is 0 Å². The molecular weight excluding hydrogens is 472 g/mol. The summed E-state index contributed by atoms with van der Waals surface area (Å²) in [6.07, 6.45) is 0.173. The van der Waals surface area contributed by atoms with Gasteiger partial charge in [-0.05, 0) is 24.3 Å². The average Bonchev–Trinajstić information content (AvgIpc) is 3.44. The second-order valence-corrected chi connectivity index (χ2v) is 9.94. The van der Waals surface area contributed by atoms with Crippen LogP contribution in [0.5, 0.6) is 0 Å². The lowest BCUT2D eigenvalue weighted by Crippen LogP contribution is -2.35. The third-order valence-corrected chi connectivity index (χ3v) is 7.29. The van der Waals surface area contributed by atoms with Crippen molar-refractivity contribution in [3.05, 3.63) is 64.5 Å². The molecule has 0 saturated carbocycles. The summed E-state index contributed by atoms with van der Waals surface area (Å²) in [4.78, 5) is 35.5. The molecule has 5 rings (SSSR count). The van der Waals surface area contributed by atoms with Gasteiger partial charge in [-0.2, -0.15) is 0 Å². The number of nitrogens with zero attached hydrogens (tertiary/aromatic N) is 3. The van der Waals surface area contributed by atoms with Crippen LogP contribution in [0.4, 0.5) is 10.8 Å². The van der Waals surface area contributed by atoms with Crippen molar-refractivity contribution >= 4 is 45.6 Å². The van der Waals surface area contributed by atoms with E-state index in [4.69, 9.17) is 21.3 Å². The summed E-state index contributed by atoms with van der Waals surface area (Å²) in [7, 11) is 0. The van der Waals surface area contributed by atoms with Crippen LogP contribution in [0.25, 0.3) is 11.3 Å². The molecule has 34 heavy (non-hydrogen) atoms. The summed E-state index contributed by atoms with van der Waals surface area (Å²) >= 11 is 7.46. The maximum absolute atomic E-state index is 13.1. The lowest BCUT2D eigenvalue weighted by atomic mass is 10.1. The van der Waals surface area contributed by atoms with Crippen LogP contribution in [0.2, 0.25) is 5.02 Å². The number of nitrogens with one attached hydrogen (secondary N) is 1. The van der Waals surface area contributed by atoms with E-state index in [9.17, 15) is 9.59 Å². The predicted octanol–water partition coefficient (Wildman–Crippen LogP) is 4.29. The maximum atomic E-state index is 13.1. The van der Waals surface area contributed by atoms with E-state index in [0.717, 1.165) is 54.7 Å². The summed E-state index contributed by atoms with van der Waals surface area (Å²) < 4.78 is 5.47. The van der Waals surface area contributed by atoms with Gasteiger partial charge in [-0.1, -0.05) is 53.3 Å². The molecule has 2 fully saturated rings. The molecule has 0 spiro atoms. The molecule has 3 aromatic rings. The highest BCUT2D eigenvalue weighted by Gasteiger charge is 2.35. The number of carbonyl (C=O) groups excluding carboxylic acids is 2. The number of hydrogen-bond donors (Lipinski definition) is 1. The largest absolute Gasteiger partial charge is 0.379 e. The van der Waals surface area contributed by atoms with Gasteiger partial charge >= 0.3 is 0 Å². The molecule has 176 valence electrons. The number of anilines is 2. The quantitative estimate of drug-likeness (QED) is 0.551. The van der Waals surface area contributed by atoms with Gasteiger partial charge in [0.1, 0.15) is 0 Å². The number of ether oxygens (including phenoxy) is 1. The fraction of sp³-hybridized carbons (Fsp3) is 0.320. The zero-order valence-electron chi connectivity index (χ0n) is 18.6. The minimum absolute atomic E-state index is 0.0698. The first-order valence-corrected chi connectivity index (χ1v) is 12.5. The minimum atomic E-state index is -0.435. The van der Waals surface area contributed by atoms with Gasteiger partial charge in [0.2, 0.25) is 11.8 Å². The first-order chi connectivity index (χ1) is 16.6. The normalized spacial score (nSPS) is 18.9. The molecule has 1 aromatic heterocycles. The number of carbonyl (C=O) groups is 2. The van der Waals surface area contributed by atoms with Gasteiger partial charge in [-0.3, -0.25) is 14.5 Å². The molecule has 3 heterocycles. The van der Waals surface area contributed by atoms with E-state index in [-0.39, 0.29) is 18.2 Å². The summed E-state index contributed by atoms with van der Waals surface area (Å²) in [5.41, 5.74) is 2.66. The molecule has 1 N–H and O–H groups in total. The monoisotopic (exact) mass is 496 g/mol. The molecule has 0 bridgehead atoms. The average molecular weight is 497 g/mol. The Kier molecular flexibility index (Phi) is 6.92. The molecule has 2 aliphatic rings. The van der Waals surface area contributed by atoms with Crippen molar-refractivity contribution in [2.75, 3.05) is 43.1 Å². The van der Waals surface area contributed by atoms with E-state index in [1.54, 1.807) is 29.2 Å². The van der Waals surface area contributed by atoms with E-state index in [2.05, 4.69) is 10.2 Å². The van der Waals surface area contributed by atoms with E-state index in [1.807, 2.05) is 30.3 Å². The Morgan fingerprint density at radius 2 is 1.85 bits per heavy atom. The number of hydrogen-bond acceptors (Lipinski definition) is 6. The summed E-state index contributed by atoms with van der Waals surface area (Å²) in [5.74, 6) is -0.689. The molecule has 2 aliphatic heterocycles.